The van der Waals surface area contributed by atoms with Gasteiger partial charge in [0.25, 0.3) is 0 Å². The molecule has 0 radical (unpaired) electrons. The molecule has 72 valence electrons. The quantitative estimate of drug-likeness (QED) is 0.783. The van der Waals surface area contributed by atoms with Crippen molar-refractivity contribution in [2.24, 2.45) is 0 Å². The number of ether oxygens (including phenoxy) is 1. The maximum absolute atomic E-state index is 10.9. The normalized spacial score (nSPS) is 10.1. The highest BCUT2D eigenvalue weighted by atomic mass is 32.1. The number of fused-ring (bicyclic) bond motifs is 1. The van der Waals surface area contributed by atoms with E-state index in [4.69, 9.17) is 0 Å². The fourth-order valence-electron chi connectivity index (χ4n) is 1.10. The van der Waals surface area contributed by atoms with Gasteiger partial charge in [-0.1, -0.05) is 0 Å². The molecule has 1 aromatic carbocycles. The van der Waals surface area contributed by atoms with Crippen LogP contribution in [0.3, 0.4) is 0 Å². The summed E-state index contributed by atoms with van der Waals surface area (Å²) in [5.41, 5.74) is 3.42. The third-order valence-corrected chi connectivity index (χ3v) is 2.55. The molecule has 0 unspecified atom stereocenters. The van der Waals surface area contributed by atoms with Crippen molar-refractivity contribution in [3.63, 3.8) is 0 Å². The number of methoxy groups -OCH3 is 1. The molecule has 0 saturated heterocycles. The van der Waals surface area contributed by atoms with Gasteiger partial charge in [0.2, 0.25) is 0 Å². The van der Waals surface area contributed by atoms with Crippen molar-refractivity contribution >= 4 is 33.3 Å². The van der Waals surface area contributed by atoms with E-state index in [0.717, 1.165) is 10.2 Å². The van der Waals surface area contributed by atoms with Gasteiger partial charge in [-0.2, -0.15) is 0 Å². The van der Waals surface area contributed by atoms with Crippen LogP contribution in [0.2, 0.25) is 0 Å². The van der Waals surface area contributed by atoms with E-state index >= 15 is 0 Å². The summed E-state index contributed by atoms with van der Waals surface area (Å²) in [5, 5.41) is 2.59. The average molecular weight is 208 g/mol. The minimum absolute atomic E-state index is 0.464. The molecule has 1 N–H and O–H groups in total. The van der Waals surface area contributed by atoms with Gasteiger partial charge in [-0.3, -0.25) is 5.32 Å². The molecule has 0 spiro atoms. The van der Waals surface area contributed by atoms with Crippen LogP contribution in [0.5, 0.6) is 0 Å². The Hall–Kier alpha value is -1.62. The van der Waals surface area contributed by atoms with Gasteiger partial charge < -0.3 is 4.74 Å². The van der Waals surface area contributed by atoms with Crippen molar-refractivity contribution < 1.29 is 9.53 Å². The Morgan fingerprint density at radius 2 is 2.43 bits per heavy atom. The number of anilines is 1. The van der Waals surface area contributed by atoms with Crippen molar-refractivity contribution in [2.45, 2.75) is 0 Å². The van der Waals surface area contributed by atoms with E-state index in [2.05, 4.69) is 15.0 Å². The van der Waals surface area contributed by atoms with E-state index in [9.17, 15) is 4.79 Å². The number of hydrogen-bond acceptors (Lipinski definition) is 4. The van der Waals surface area contributed by atoms with Gasteiger partial charge in [-0.25, -0.2) is 9.78 Å². The Morgan fingerprint density at radius 3 is 3.21 bits per heavy atom. The highest BCUT2D eigenvalue weighted by Gasteiger charge is 2.02. The molecule has 1 heterocycles. The molecular formula is C9H8N2O2S. The molecule has 0 atom stereocenters. The molecule has 0 bridgehead atoms. The smallest absolute Gasteiger partial charge is 0.411 e. The van der Waals surface area contributed by atoms with Gasteiger partial charge >= 0.3 is 6.09 Å². The molecule has 2 rings (SSSR count). The predicted molar refractivity (Wildman–Crippen MR) is 55.6 cm³/mol. The molecule has 0 aliphatic heterocycles. The second kappa shape index (κ2) is 3.63. The summed E-state index contributed by atoms with van der Waals surface area (Å²) >= 11 is 1.53. The zero-order valence-electron chi connectivity index (χ0n) is 7.48. The molecule has 0 saturated carbocycles. The number of amides is 1. The lowest BCUT2D eigenvalue weighted by Crippen LogP contribution is -2.10. The molecule has 2 aromatic rings. The summed E-state index contributed by atoms with van der Waals surface area (Å²) in [6, 6.07) is 5.51. The highest BCUT2D eigenvalue weighted by molar-refractivity contribution is 7.16. The lowest BCUT2D eigenvalue weighted by molar-refractivity contribution is 0.187. The van der Waals surface area contributed by atoms with Gasteiger partial charge in [0.1, 0.15) is 0 Å². The minimum atomic E-state index is -0.464. The molecule has 1 aromatic heterocycles. The number of carbonyl (C=O) groups is 1. The third kappa shape index (κ3) is 1.67. The Morgan fingerprint density at radius 1 is 1.57 bits per heavy atom. The first kappa shape index (κ1) is 8.96. The number of benzene rings is 1. The second-order valence-electron chi connectivity index (χ2n) is 2.65. The first-order valence-electron chi connectivity index (χ1n) is 3.98. The number of rotatable bonds is 1. The summed E-state index contributed by atoms with van der Waals surface area (Å²) in [6.07, 6.45) is -0.464. The van der Waals surface area contributed by atoms with Crippen LogP contribution in [0.15, 0.2) is 23.7 Å². The SMILES string of the molecule is COC(=O)Nc1ccc2ncsc2c1. The Bertz CT molecular complexity index is 467. The fraction of sp³-hybridized carbons (Fsp3) is 0.111. The highest BCUT2D eigenvalue weighted by Crippen LogP contribution is 2.21. The molecule has 0 aliphatic carbocycles. The van der Waals surface area contributed by atoms with Crippen LogP contribution in [-0.4, -0.2) is 18.2 Å². The van der Waals surface area contributed by atoms with Crippen molar-refractivity contribution in [1.29, 1.82) is 0 Å². The molecular weight excluding hydrogens is 200 g/mol. The van der Waals surface area contributed by atoms with Crippen molar-refractivity contribution in [3.05, 3.63) is 23.7 Å². The Balaban J connectivity index is 2.30. The maximum atomic E-state index is 10.9. The molecule has 4 nitrogen and oxygen atoms in total. The van der Waals surface area contributed by atoms with E-state index in [0.29, 0.717) is 5.69 Å². The van der Waals surface area contributed by atoms with Gasteiger partial charge in [0.05, 0.1) is 22.8 Å². The Kier molecular flexibility index (Phi) is 2.32. The van der Waals surface area contributed by atoms with Crippen LogP contribution < -0.4 is 5.32 Å². The summed E-state index contributed by atoms with van der Waals surface area (Å²) in [4.78, 5) is 15.0. The van der Waals surface area contributed by atoms with Gasteiger partial charge in [0, 0.05) is 5.69 Å². The van der Waals surface area contributed by atoms with Crippen LogP contribution in [0.4, 0.5) is 10.5 Å². The van der Waals surface area contributed by atoms with Crippen LogP contribution in [0.1, 0.15) is 0 Å². The van der Waals surface area contributed by atoms with E-state index < -0.39 is 6.09 Å². The van der Waals surface area contributed by atoms with Crippen LogP contribution in [-0.2, 0) is 4.74 Å². The molecule has 0 aliphatic rings. The Labute approximate surface area is 84.5 Å². The van der Waals surface area contributed by atoms with Crippen LogP contribution >= 0.6 is 11.3 Å². The lowest BCUT2D eigenvalue weighted by Gasteiger charge is -2.02. The number of hydrogen-bond donors (Lipinski definition) is 1. The number of thiazole rings is 1. The largest absolute Gasteiger partial charge is 0.453 e. The van der Waals surface area contributed by atoms with Crippen molar-refractivity contribution in [1.82, 2.24) is 4.98 Å². The summed E-state index contributed by atoms with van der Waals surface area (Å²) in [5.74, 6) is 0. The standard InChI is InChI=1S/C9H8N2O2S/c1-13-9(12)11-6-2-3-7-8(4-6)14-5-10-7/h2-5H,1H3,(H,11,12). The van der Waals surface area contributed by atoms with E-state index in [1.807, 2.05) is 12.1 Å². The van der Waals surface area contributed by atoms with E-state index in [-0.39, 0.29) is 0 Å². The molecule has 1 amide bonds. The zero-order chi connectivity index (χ0) is 9.97. The maximum Gasteiger partial charge on any atom is 0.411 e. The first-order valence-corrected chi connectivity index (χ1v) is 4.86. The van der Waals surface area contributed by atoms with Crippen molar-refractivity contribution in [3.8, 4) is 0 Å². The van der Waals surface area contributed by atoms with Crippen LogP contribution in [0, 0.1) is 0 Å². The monoisotopic (exact) mass is 208 g/mol. The zero-order valence-corrected chi connectivity index (χ0v) is 8.30. The molecule has 5 heteroatoms. The lowest BCUT2D eigenvalue weighted by atomic mass is 10.3. The third-order valence-electron chi connectivity index (χ3n) is 1.76. The summed E-state index contributed by atoms with van der Waals surface area (Å²) in [7, 11) is 1.33. The fourth-order valence-corrected chi connectivity index (χ4v) is 1.82. The van der Waals surface area contributed by atoms with Gasteiger partial charge in [0.15, 0.2) is 0 Å². The first-order chi connectivity index (χ1) is 6.79. The number of nitrogens with one attached hydrogen (secondary N) is 1. The summed E-state index contributed by atoms with van der Waals surface area (Å²) in [6.45, 7) is 0. The second-order valence-corrected chi connectivity index (χ2v) is 3.54. The van der Waals surface area contributed by atoms with Crippen LogP contribution in [0.25, 0.3) is 10.2 Å². The molecule has 0 fully saturated rings. The minimum Gasteiger partial charge on any atom is -0.453 e. The number of aromatic nitrogens is 1. The molecule has 14 heavy (non-hydrogen) atoms. The van der Waals surface area contributed by atoms with Gasteiger partial charge in [-0.05, 0) is 18.2 Å². The van der Waals surface area contributed by atoms with E-state index in [1.54, 1.807) is 11.6 Å². The average Bonchev–Trinajstić information content (AvgIpc) is 2.64. The van der Waals surface area contributed by atoms with Crippen molar-refractivity contribution in [2.75, 3.05) is 12.4 Å². The predicted octanol–water partition coefficient (Wildman–Crippen LogP) is 2.47. The van der Waals surface area contributed by atoms with Gasteiger partial charge in [-0.15, -0.1) is 11.3 Å². The number of nitrogens with zero attached hydrogens (tertiary/aromatic N) is 1. The number of carbonyl (C=O) groups excluding carboxylic acids is 1. The van der Waals surface area contributed by atoms with E-state index in [1.165, 1.54) is 18.4 Å². The topological polar surface area (TPSA) is 51.2 Å². The summed E-state index contributed by atoms with van der Waals surface area (Å²) < 4.78 is 5.53.